The maximum absolute atomic E-state index is 13.2. The number of carbonyl (C=O) groups excluding carboxylic acids is 2. The highest BCUT2D eigenvalue weighted by molar-refractivity contribution is 5.92. The van der Waals surface area contributed by atoms with E-state index >= 15 is 0 Å². The normalized spacial score (nSPS) is 23.6. The summed E-state index contributed by atoms with van der Waals surface area (Å²) >= 11 is 0. The standard InChI is InChI=1S/C24H33NO6/c1-3-30-24-19(8-7-15-26)20(17-9-11-18(12-10-17)23(28)29-2)16-21(31-24)22(27)25-13-5-4-6-14-25/h9-12,16,19-20,24,26H,3-8,13-15H2,1-2H3/t19-,20+,24+/m1/s1. The second kappa shape index (κ2) is 11.3. The van der Waals surface area contributed by atoms with Gasteiger partial charge in [-0.15, -0.1) is 0 Å². The predicted octanol–water partition coefficient (Wildman–Crippen LogP) is 3.23. The Morgan fingerprint density at radius 3 is 2.48 bits per heavy atom. The molecule has 7 nitrogen and oxygen atoms in total. The molecule has 0 aromatic heterocycles. The first-order valence-corrected chi connectivity index (χ1v) is 11.2. The summed E-state index contributed by atoms with van der Waals surface area (Å²) in [6, 6.07) is 7.23. The maximum atomic E-state index is 13.2. The van der Waals surface area contributed by atoms with Gasteiger partial charge in [-0.1, -0.05) is 12.1 Å². The van der Waals surface area contributed by atoms with Crippen molar-refractivity contribution in [3.63, 3.8) is 0 Å². The summed E-state index contributed by atoms with van der Waals surface area (Å²) < 4.78 is 16.8. The van der Waals surface area contributed by atoms with Gasteiger partial charge in [0.25, 0.3) is 5.91 Å². The topological polar surface area (TPSA) is 85.3 Å². The van der Waals surface area contributed by atoms with E-state index in [2.05, 4.69) is 0 Å². The molecule has 2 aliphatic rings. The largest absolute Gasteiger partial charge is 0.465 e. The Morgan fingerprint density at radius 1 is 1.16 bits per heavy atom. The number of ether oxygens (including phenoxy) is 3. The summed E-state index contributed by atoms with van der Waals surface area (Å²) in [6.07, 6.45) is 5.77. The van der Waals surface area contributed by atoms with E-state index in [0.29, 0.717) is 30.8 Å². The number of carbonyl (C=O) groups is 2. The third kappa shape index (κ3) is 5.66. The quantitative estimate of drug-likeness (QED) is 0.636. The Hall–Kier alpha value is -2.38. The van der Waals surface area contributed by atoms with E-state index in [4.69, 9.17) is 14.2 Å². The summed E-state index contributed by atoms with van der Waals surface area (Å²) in [5.74, 6) is -0.357. The van der Waals surface area contributed by atoms with Crippen molar-refractivity contribution in [3.05, 3.63) is 47.2 Å². The van der Waals surface area contributed by atoms with Gasteiger partial charge < -0.3 is 24.2 Å². The van der Waals surface area contributed by atoms with E-state index in [0.717, 1.165) is 37.9 Å². The summed E-state index contributed by atoms with van der Waals surface area (Å²) in [5, 5.41) is 9.40. The summed E-state index contributed by atoms with van der Waals surface area (Å²) in [7, 11) is 1.35. The van der Waals surface area contributed by atoms with Crippen LogP contribution in [0, 0.1) is 5.92 Å². The van der Waals surface area contributed by atoms with Crippen LogP contribution in [0.1, 0.15) is 60.9 Å². The van der Waals surface area contributed by atoms with Gasteiger partial charge >= 0.3 is 5.97 Å². The van der Waals surface area contributed by atoms with E-state index < -0.39 is 6.29 Å². The van der Waals surface area contributed by atoms with E-state index in [1.807, 2.05) is 30.0 Å². The number of aliphatic hydroxyl groups excluding tert-OH is 1. The second-order valence-corrected chi connectivity index (χ2v) is 7.99. The van der Waals surface area contributed by atoms with Crippen LogP contribution in [0.15, 0.2) is 36.1 Å². The lowest BCUT2D eigenvalue weighted by atomic mass is 9.80. The molecular formula is C24H33NO6. The van der Waals surface area contributed by atoms with Crippen LogP contribution in [-0.4, -0.2) is 61.6 Å². The SMILES string of the molecule is CCO[C@H]1OC(C(=O)N2CCCCC2)=C[C@@H](c2ccc(C(=O)OC)cc2)[C@H]1CCCO. The number of nitrogens with zero attached hydrogens (tertiary/aromatic N) is 1. The van der Waals surface area contributed by atoms with Crippen LogP contribution in [0.4, 0.5) is 0 Å². The minimum absolute atomic E-state index is 0.0611. The smallest absolute Gasteiger partial charge is 0.337 e. The molecule has 1 N–H and O–H groups in total. The number of likely N-dealkylation sites (tertiary alicyclic amines) is 1. The van der Waals surface area contributed by atoms with Gasteiger partial charge in [0.15, 0.2) is 5.76 Å². The molecule has 0 spiro atoms. The summed E-state index contributed by atoms with van der Waals surface area (Å²) in [5.41, 5.74) is 1.44. The van der Waals surface area contributed by atoms with Gasteiger partial charge in [-0.3, -0.25) is 4.79 Å². The first-order chi connectivity index (χ1) is 15.1. The number of rotatable bonds is 8. The van der Waals surface area contributed by atoms with Crippen molar-refractivity contribution in [1.29, 1.82) is 0 Å². The van der Waals surface area contributed by atoms with Crippen molar-refractivity contribution in [3.8, 4) is 0 Å². The molecular weight excluding hydrogens is 398 g/mol. The van der Waals surface area contributed by atoms with Gasteiger partial charge in [-0.2, -0.15) is 0 Å². The lowest BCUT2D eigenvalue weighted by Crippen LogP contribution is -2.42. The number of piperidine rings is 1. The van der Waals surface area contributed by atoms with Gasteiger partial charge in [-0.25, -0.2) is 4.79 Å². The fourth-order valence-electron chi connectivity index (χ4n) is 4.35. The molecule has 170 valence electrons. The van der Waals surface area contributed by atoms with Crippen molar-refractivity contribution < 1.29 is 28.9 Å². The van der Waals surface area contributed by atoms with Crippen molar-refractivity contribution in [2.45, 2.75) is 51.2 Å². The van der Waals surface area contributed by atoms with Crippen molar-refractivity contribution in [1.82, 2.24) is 4.90 Å². The number of allylic oxidation sites excluding steroid dienone is 1. The number of hydrogen-bond acceptors (Lipinski definition) is 6. The molecule has 7 heteroatoms. The van der Waals surface area contributed by atoms with Crippen LogP contribution in [-0.2, 0) is 19.0 Å². The van der Waals surface area contributed by atoms with Crippen LogP contribution in [0.2, 0.25) is 0 Å². The van der Waals surface area contributed by atoms with Crippen LogP contribution in [0.25, 0.3) is 0 Å². The fraction of sp³-hybridized carbons (Fsp3) is 0.583. The Balaban J connectivity index is 1.93. The molecule has 31 heavy (non-hydrogen) atoms. The van der Waals surface area contributed by atoms with Gasteiger partial charge in [0.1, 0.15) is 0 Å². The third-order valence-corrected chi connectivity index (χ3v) is 5.98. The Morgan fingerprint density at radius 2 is 1.87 bits per heavy atom. The van der Waals surface area contributed by atoms with Crippen molar-refractivity contribution in [2.24, 2.45) is 5.92 Å². The number of methoxy groups -OCH3 is 1. The minimum Gasteiger partial charge on any atom is -0.465 e. The zero-order chi connectivity index (χ0) is 22.2. The molecule has 1 saturated heterocycles. The second-order valence-electron chi connectivity index (χ2n) is 7.99. The minimum atomic E-state index is -0.574. The van der Waals surface area contributed by atoms with Crippen LogP contribution in [0.5, 0.6) is 0 Å². The molecule has 0 saturated carbocycles. The fourth-order valence-corrected chi connectivity index (χ4v) is 4.35. The highest BCUT2D eigenvalue weighted by Gasteiger charge is 2.39. The van der Waals surface area contributed by atoms with Crippen LogP contribution >= 0.6 is 0 Å². The highest BCUT2D eigenvalue weighted by atomic mass is 16.7. The van der Waals surface area contributed by atoms with Gasteiger partial charge in [0.2, 0.25) is 6.29 Å². The lowest BCUT2D eigenvalue weighted by molar-refractivity contribution is -0.170. The molecule has 3 atom stereocenters. The van der Waals surface area contributed by atoms with Crippen molar-refractivity contribution >= 4 is 11.9 Å². The maximum Gasteiger partial charge on any atom is 0.337 e. The average molecular weight is 432 g/mol. The molecule has 1 amide bonds. The number of amides is 1. The molecule has 0 radical (unpaired) electrons. The Bertz CT molecular complexity index is 769. The van der Waals surface area contributed by atoms with Crippen LogP contribution < -0.4 is 0 Å². The first-order valence-electron chi connectivity index (χ1n) is 11.2. The number of hydrogen-bond donors (Lipinski definition) is 1. The molecule has 1 fully saturated rings. The summed E-state index contributed by atoms with van der Waals surface area (Å²) in [4.78, 5) is 26.8. The molecule has 2 aliphatic heterocycles. The van der Waals surface area contributed by atoms with Gasteiger partial charge in [-0.05, 0) is 62.8 Å². The van der Waals surface area contributed by atoms with Crippen molar-refractivity contribution in [2.75, 3.05) is 33.4 Å². The lowest BCUT2D eigenvalue weighted by Gasteiger charge is -2.38. The number of esters is 1. The number of aliphatic hydroxyl groups is 1. The predicted molar refractivity (Wildman–Crippen MR) is 115 cm³/mol. The average Bonchev–Trinajstić information content (AvgIpc) is 2.82. The molecule has 0 aliphatic carbocycles. The Kier molecular flexibility index (Phi) is 8.49. The molecule has 1 aromatic rings. The monoisotopic (exact) mass is 431 g/mol. The molecule has 1 aromatic carbocycles. The van der Waals surface area contributed by atoms with Crippen LogP contribution in [0.3, 0.4) is 0 Å². The summed E-state index contributed by atoms with van der Waals surface area (Å²) in [6.45, 7) is 3.92. The van der Waals surface area contributed by atoms with Gasteiger partial charge in [0, 0.05) is 38.1 Å². The van der Waals surface area contributed by atoms with E-state index in [1.54, 1.807) is 12.1 Å². The first kappa shape index (κ1) is 23.3. The van der Waals surface area contributed by atoms with Gasteiger partial charge in [0.05, 0.1) is 12.7 Å². The van der Waals surface area contributed by atoms with E-state index in [1.165, 1.54) is 7.11 Å². The molecule has 0 bridgehead atoms. The highest BCUT2D eigenvalue weighted by Crippen LogP contribution is 2.40. The zero-order valence-electron chi connectivity index (χ0n) is 18.4. The van der Waals surface area contributed by atoms with E-state index in [9.17, 15) is 14.7 Å². The Labute approximate surface area is 184 Å². The van der Waals surface area contributed by atoms with E-state index in [-0.39, 0.29) is 30.3 Å². The zero-order valence-corrected chi connectivity index (χ0v) is 18.4. The third-order valence-electron chi connectivity index (χ3n) is 5.98. The molecule has 3 rings (SSSR count). The number of benzene rings is 1. The molecule has 2 heterocycles. The molecule has 0 unspecified atom stereocenters.